The summed E-state index contributed by atoms with van der Waals surface area (Å²) in [7, 11) is -4.05. The maximum absolute atomic E-state index is 13.4. The standard InChI is InChI=1S/C24H35NO4SSi/c1-18-11-13-21(14-12-18)30(26,27)25-16-22(19-9-8-10-20(15-19)28-5)23(17-25)29-31(6,7)24(2,3)4/h8-15,22-23H,16-17H2,1-7H3/t22-,23+/m0/s1. The third-order valence-electron chi connectivity index (χ3n) is 6.67. The Bertz CT molecular complexity index is 1010. The molecule has 1 saturated heterocycles. The van der Waals surface area contributed by atoms with Crippen molar-refractivity contribution in [1.29, 1.82) is 0 Å². The first-order valence-corrected chi connectivity index (χ1v) is 15.1. The number of nitrogens with zero attached hydrogens (tertiary/aromatic N) is 1. The molecule has 0 radical (unpaired) electrons. The second kappa shape index (κ2) is 8.69. The lowest BCUT2D eigenvalue weighted by Crippen LogP contribution is -2.45. The molecule has 0 aromatic heterocycles. The summed E-state index contributed by atoms with van der Waals surface area (Å²) in [5.41, 5.74) is 2.08. The van der Waals surface area contributed by atoms with Crippen LogP contribution < -0.4 is 4.74 Å². The Hall–Kier alpha value is -1.67. The van der Waals surface area contributed by atoms with Crippen molar-refractivity contribution in [2.75, 3.05) is 20.2 Å². The average molecular weight is 462 g/mol. The number of sulfonamides is 1. The van der Waals surface area contributed by atoms with Crippen LogP contribution in [0.3, 0.4) is 0 Å². The first-order valence-electron chi connectivity index (χ1n) is 10.7. The van der Waals surface area contributed by atoms with Crippen LogP contribution in [0.5, 0.6) is 5.75 Å². The summed E-state index contributed by atoms with van der Waals surface area (Å²) >= 11 is 0. The van der Waals surface area contributed by atoms with Gasteiger partial charge in [0.1, 0.15) is 5.75 Å². The quantitative estimate of drug-likeness (QED) is 0.556. The molecule has 2 aromatic carbocycles. The first kappa shape index (κ1) is 24.0. The maximum atomic E-state index is 13.4. The zero-order chi connectivity index (χ0) is 23.0. The van der Waals surface area contributed by atoms with Crippen LogP contribution in [-0.2, 0) is 14.4 Å². The lowest BCUT2D eigenvalue weighted by Gasteiger charge is -2.39. The zero-order valence-corrected chi connectivity index (χ0v) is 21.5. The van der Waals surface area contributed by atoms with Crippen molar-refractivity contribution < 1.29 is 17.6 Å². The number of methoxy groups -OCH3 is 1. The van der Waals surface area contributed by atoms with E-state index < -0.39 is 18.3 Å². The fourth-order valence-electron chi connectivity index (χ4n) is 3.66. The zero-order valence-electron chi connectivity index (χ0n) is 19.7. The van der Waals surface area contributed by atoms with Gasteiger partial charge in [-0.2, -0.15) is 4.31 Å². The molecule has 0 spiro atoms. The van der Waals surface area contributed by atoms with Gasteiger partial charge in [-0.15, -0.1) is 0 Å². The van der Waals surface area contributed by atoms with Crippen molar-refractivity contribution >= 4 is 18.3 Å². The van der Waals surface area contributed by atoms with E-state index in [2.05, 4.69) is 33.9 Å². The second-order valence-electron chi connectivity index (χ2n) is 9.93. The summed E-state index contributed by atoms with van der Waals surface area (Å²) in [6.07, 6.45) is -0.201. The maximum Gasteiger partial charge on any atom is 0.243 e. The van der Waals surface area contributed by atoms with Crippen LogP contribution >= 0.6 is 0 Å². The predicted octanol–water partition coefficient (Wildman–Crippen LogP) is 5.18. The van der Waals surface area contributed by atoms with E-state index in [1.807, 2.05) is 43.3 Å². The van der Waals surface area contributed by atoms with Gasteiger partial charge in [0, 0.05) is 19.0 Å². The number of hydrogen-bond acceptors (Lipinski definition) is 4. The van der Waals surface area contributed by atoms with Crippen LogP contribution in [0.4, 0.5) is 0 Å². The van der Waals surface area contributed by atoms with Crippen LogP contribution in [0, 0.1) is 6.92 Å². The van der Waals surface area contributed by atoms with E-state index in [1.54, 1.807) is 23.5 Å². The molecule has 0 unspecified atom stereocenters. The molecule has 1 heterocycles. The fraction of sp³-hybridized carbons (Fsp3) is 0.500. The molecule has 0 amide bonds. The minimum absolute atomic E-state index is 0.0369. The second-order valence-corrected chi connectivity index (χ2v) is 16.6. The van der Waals surface area contributed by atoms with Crippen molar-refractivity contribution in [3.8, 4) is 5.75 Å². The van der Waals surface area contributed by atoms with Gasteiger partial charge in [-0.25, -0.2) is 8.42 Å². The number of ether oxygens (including phenoxy) is 1. The molecule has 0 saturated carbocycles. The van der Waals surface area contributed by atoms with E-state index >= 15 is 0 Å². The lowest BCUT2D eigenvalue weighted by molar-refractivity contribution is 0.178. The van der Waals surface area contributed by atoms with Gasteiger partial charge in [0.15, 0.2) is 8.32 Å². The van der Waals surface area contributed by atoms with Gasteiger partial charge in [-0.3, -0.25) is 0 Å². The Morgan fingerprint density at radius 2 is 1.68 bits per heavy atom. The van der Waals surface area contributed by atoms with Gasteiger partial charge in [0.2, 0.25) is 10.0 Å². The molecule has 1 aliphatic rings. The molecule has 1 fully saturated rings. The van der Waals surface area contributed by atoms with Crippen molar-refractivity contribution in [2.45, 2.75) is 62.7 Å². The minimum Gasteiger partial charge on any atom is -0.497 e. The van der Waals surface area contributed by atoms with Crippen LogP contribution in [0.15, 0.2) is 53.4 Å². The number of aryl methyl sites for hydroxylation is 1. The third kappa shape index (κ3) is 5.05. The van der Waals surface area contributed by atoms with Crippen molar-refractivity contribution in [2.24, 2.45) is 0 Å². The molecule has 31 heavy (non-hydrogen) atoms. The lowest BCUT2D eigenvalue weighted by atomic mass is 9.96. The smallest absolute Gasteiger partial charge is 0.243 e. The Kier molecular flexibility index (Phi) is 6.72. The summed E-state index contributed by atoms with van der Waals surface area (Å²) < 4.78 is 40.6. The number of hydrogen-bond donors (Lipinski definition) is 0. The number of rotatable bonds is 6. The first-order chi connectivity index (χ1) is 14.3. The Morgan fingerprint density at radius 3 is 2.26 bits per heavy atom. The van der Waals surface area contributed by atoms with E-state index in [-0.39, 0.29) is 17.1 Å². The van der Waals surface area contributed by atoms with Gasteiger partial charge in [-0.05, 0) is 54.9 Å². The van der Waals surface area contributed by atoms with Gasteiger partial charge >= 0.3 is 0 Å². The van der Waals surface area contributed by atoms with Crippen molar-refractivity contribution in [3.63, 3.8) is 0 Å². The van der Waals surface area contributed by atoms with E-state index in [4.69, 9.17) is 9.16 Å². The van der Waals surface area contributed by atoms with Crippen LogP contribution in [0.25, 0.3) is 0 Å². The SMILES string of the molecule is COc1cccc([C@@H]2CN(S(=O)(=O)c3ccc(C)cc3)C[C@H]2O[Si](C)(C)C(C)(C)C)c1. The molecular weight excluding hydrogens is 426 g/mol. The van der Waals surface area contributed by atoms with Crippen LogP contribution in [0.1, 0.15) is 37.8 Å². The summed E-state index contributed by atoms with van der Waals surface area (Å²) in [6, 6.07) is 14.9. The normalized spacial score (nSPS) is 20.7. The monoisotopic (exact) mass is 461 g/mol. The van der Waals surface area contributed by atoms with Crippen molar-refractivity contribution in [1.82, 2.24) is 4.31 Å². The van der Waals surface area contributed by atoms with Crippen molar-refractivity contribution in [3.05, 3.63) is 59.7 Å². The fourth-order valence-corrected chi connectivity index (χ4v) is 6.49. The molecule has 7 heteroatoms. The highest BCUT2D eigenvalue weighted by Gasteiger charge is 2.46. The number of benzene rings is 2. The van der Waals surface area contributed by atoms with Gasteiger partial charge in [-0.1, -0.05) is 50.6 Å². The third-order valence-corrected chi connectivity index (χ3v) is 13.0. The molecule has 0 N–H and O–H groups in total. The van der Waals surface area contributed by atoms with E-state index in [0.29, 0.717) is 18.0 Å². The molecule has 170 valence electrons. The van der Waals surface area contributed by atoms with Gasteiger partial charge in [0.25, 0.3) is 0 Å². The molecular formula is C24H35NO4SSi. The molecule has 0 aliphatic carbocycles. The highest BCUT2D eigenvalue weighted by Crippen LogP contribution is 2.42. The summed E-state index contributed by atoms with van der Waals surface area (Å²) in [6.45, 7) is 13.7. The average Bonchev–Trinajstić information content (AvgIpc) is 3.11. The van der Waals surface area contributed by atoms with Crippen LogP contribution in [0.2, 0.25) is 18.1 Å². The topological polar surface area (TPSA) is 55.8 Å². The summed E-state index contributed by atoms with van der Waals surface area (Å²) in [4.78, 5) is 0.329. The molecule has 5 nitrogen and oxygen atoms in total. The largest absolute Gasteiger partial charge is 0.497 e. The van der Waals surface area contributed by atoms with Gasteiger partial charge in [0.05, 0.1) is 18.1 Å². The van der Waals surface area contributed by atoms with Crippen LogP contribution in [-0.4, -0.2) is 47.3 Å². The Labute approximate surface area is 188 Å². The summed E-state index contributed by atoms with van der Waals surface area (Å²) in [5, 5.41) is 0.0369. The van der Waals surface area contributed by atoms with E-state index in [1.165, 1.54) is 0 Å². The molecule has 2 atom stereocenters. The highest BCUT2D eigenvalue weighted by molar-refractivity contribution is 7.89. The van der Waals surface area contributed by atoms with E-state index in [0.717, 1.165) is 16.9 Å². The van der Waals surface area contributed by atoms with Gasteiger partial charge < -0.3 is 9.16 Å². The van der Waals surface area contributed by atoms with E-state index in [9.17, 15) is 8.42 Å². The highest BCUT2D eigenvalue weighted by atomic mass is 32.2. The molecule has 0 bridgehead atoms. The molecule has 3 rings (SSSR count). The Balaban J connectivity index is 1.97. The Morgan fingerprint density at radius 1 is 1.03 bits per heavy atom. The minimum atomic E-state index is -3.60. The predicted molar refractivity (Wildman–Crippen MR) is 128 cm³/mol. The molecule has 1 aliphatic heterocycles. The molecule has 2 aromatic rings. The summed E-state index contributed by atoms with van der Waals surface area (Å²) in [5.74, 6) is 0.716.